The van der Waals surface area contributed by atoms with Gasteiger partial charge >= 0.3 is 0 Å². The molecule has 0 atom stereocenters. The molecule has 3 rings (SSSR count). The molecule has 0 aliphatic carbocycles. The van der Waals surface area contributed by atoms with Gasteiger partial charge in [-0.15, -0.1) is 0 Å². The highest BCUT2D eigenvalue weighted by atomic mass is 16.5. The van der Waals surface area contributed by atoms with Gasteiger partial charge in [0.25, 0.3) is 11.5 Å². The molecule has 7 heteroatoms. The number of nitrogens with one attached hydrogen (secondary N) is 2. The van der Waals surface area contributed by atoms with Gasteiger partial charge in [-0.25, -0.2) is 0 Å². The van der Waals surface area contributed by atoms with Crippen LogP contribution in [0.15, 0.2) is 47.5 Å². The zero-order valence-corrected chi connectivity index (χ0v) is 15.7. The van der Waals surface area contributed by atoms with Crippen LogP contribution < -0.4 is 15.6 Å². The number of aromatic amines is 1. The van der Waals surface area contributed by atoms with Crippen LogP contribution in [0.2, 0.25) is 0 Å². The number of aromatic hydroxyl groups is 1. The van der Waals surface area contributed by atoms with Crippen LogP contribution in [0.1, 0.15) is 43.0 Å². The van der Waals surface area contributed by atoms with Crippen molar-refractivity contribution in [1.29, 1.82) is 0 Å². The van der Waals surface area contributed by atoms with Crippen molar-refractivity contribution in [3.05, 3.63) is 58.6 Å². The molecule has 0 saturated heterocycles. The van der Waals surface area contributed by atoms with Crippen molar-refractivity contribution in [1.82, 2.24) is 9.97 Å². The minimum absolute atomic E-state index is 0.338. The summed E-state index contributed by atoms with van der Waals surface area (Å²) in [6, 6.07) is 8.42. The lowest BCUT2D eigenvalue weighted by atomic mass is 10.1. The second kappa shape index (κ2) is 9.03. The average molecular weight is 381 g/mol. The maximum Gasteiger partial charge on any atom is 0.265 e. The highest BCUT2D eigenvalue weighted by molar-refractivity contribution is 6.08. The van der Waals surface area contributed by atoms with Crippen molar-refractivity contribution in [2.24, 2.45) is 0 Å². The number of carbonyl (C=O) groups excluding carboxylic acids is 1. The van der Waals surface area contributed by atoms with Crippen LogP contribution >= 0.6 is 0 Å². The number of unbranched alkanes of at least 4 members (excludes halogenated alkanes) is 3. The van der Waals surface area contributed by atoms with Gasteiger partial charge in [0, 0.05) is 17.3 Å². The van der Waals surface area contributed by atoms with Crippen molar-refractivity contribution < 1.29 is 14.6 Å². The summed E-state index contributed by atoms with van der Waals surface area (Å²) in [5.41, 5.74) is -0.156. The van der Waals surface area contributed by atoms with Gasteiger partial charge in [0.1, 0.15) is 17.1 Å². The monoisotopic (exact) mass is 381 g/mol. The van der Waals surface area contributed by atoms with Gasteiger partial charge in [0.15, 0.2) is 0 Å². The molecule has 0 saturated carbocycles. The van der Waals surface area contributed by atoms with Crippen molar-refractivity contribution >= 4 is 22.5 Å². The van der Waals surface area contributed by atoms with Crippen molar-refractivity contribution in [2.75, 3.05) is 11.9 Å². The van der Waals surface area contributed by atoms with E-state index in [0.29, 0.717) is 28.9 Å². The van der Waals surface area contributed by atoms with E-state index in [1.165, 1.54) is 31.3 Å². The first-order valence-electron chi connectivity index (χ1n) is 9.33. The Morgan fingerprint density at radius 1 is 1.18 bits per heavy atom. The largest absolute Gasteiger partial charge is 0.506 e. The molecule has 146 valence electrons. The smallest absolute Gasteiger partial charge is 0.265 e. The van der Waals surface area contributed by atoms with Crippen LogP contribution in [0.25, 0.3) is 10.9 Å². The average Bonchev–Trinajstić information content (AvgIpc) is 2.69. The molecule has 0 aliphatic heterocycles. The summed E-state index contributed by atoms with van der Waals surface area (Å²) in [4.78, 5) is 31.2. The van der Waals surface area contributed by atoms with Crippen molar-refractivity contribution in [2.45, 2.75) is 32.6 Å². The number of ether oxygens (including phenoxy) is 1. The van der Waals surface area contributed by atoms with Crippen LogP contribution in [0, 0.1) is 0 Å². The molecule has 0 bridgehead atoms. The van der Waals surface area contributed by atoms with Gasteiger partial charge in [-0.05, 0) is 36.8 Å². The molecule has 0 unspecified atom stereocenters. The fraction of sp³-hybridized carbons (Fsp3) is 0.286. The third-order valence-electron chi connectivity index (χ3n) is 4.39. The lowest BCUT2D eigenvalue weighted by Gasteiger charge is -2.10. The maximum atomic E-state index is 12.5. The predicted octanol–water partition coefficient (Wildman–Crippen LogP) is 3.84. The molecule has 3 aromatic rings. The summed E-state index contributed by atoms with van der Waals surface area (Å²) in [7, 11) is 0. The minimum Gasteiger partial charge on any atom is -0.506 e. The molecular formula is C21H23N3O4. The van der Waals surface area contributed by atoms with Crippen LogP contribution in [-0.2, 0) is 0 Å². The Bertz CT molecular complexity index is 1010. The summed E-state index contributed by atoms with van der Waals surface area (Å²) in [5.74, 6) is -0.343. The molecule has 0 radical (unpaired) electrons. The zero-order valence-electron chi connectivity index (χ0n) is 15.7. The second-order valence-electron chi connectivity index (χ2n) is 6.49. The molecule has 7 nitrogen and oxygen atoms in total. The summed E-state index contributed by atoms with van der Waals surface area (Å²) >= 11 is 0. The normalized spacial score (nSPS) is 10.8. The summed E-state index contributed by atoms with van der Waals surface area (Å²) in [5, 5.41) is 13.3. The molecule has 3 N–H and O–H groups in total. The summed E-state index contributed by atoms with van der Waals surface area (Å²) in [6.07, 6.45) is 7.42. The van der Waals surface area contributed by atoms with E-state index in [-0.39, 0.29) is 11.3 Å². The quantitative estimate of drug-likeness (QED) is 0.514. The number of fused-ring (bicyclic) bond motifs is 1. The first kappa shape index (κ1) is 19.4. The van der Waals surface area contributed by atoms with E-state index in [2.05, 4.69) is 22.2 Å². The Morgan fingerprint density at radius 2 is 1.96 bits per heavy atom. The van der Waals surface area contributed by atoms with Crippen LogP contribution in [0.4, 0.5) is 5.69 Å². The number of hydrogen-bond acceptors (Lipinski definition) is 5. The lowest BCUT2D eigenvalue weighted by molar-refractivity contribution is 0.102. The van der Waals surface area contributed by atoms with E-state index >= 15 is 0 Å². The molecule has 0 fully saturated rings. The topological polar surface area (TPSA) is 104 Å². The fourth-order valence-electron chi connectivity index (χ4n) is 2.89. The summed E-state index contributed by atoms with van der Waals surface area (Å²) < 4.78 is 5.67. The molecule has 0 aliphatic rings. The van der Waals surface area contributed by atoms with E-state index < -0.39 is 11.5 Å². The highest BCUT2D eigenvalue weighted by Crippen LogP contribution is 2.25. The number of nitrogens with zero attached hydrogens (tertiary/aromatic N) is 1. The van der Waals surface area contributed by atoms with Gasteiger partial charge < -0.3 is 20.1 Å². The third kappa shape index (κ3) is 4.49. The van der Waals surface area contributed by atoms with Gasteiger partial charge in [-0.2, -0.15) is 0 Å². The van der Waals surface area contributed by atoms with E-state index in [4.69, 9.17) is 4.74 Å². The molecule has 1 amide bonds. The van der Waals surface area contributed by atoms with E-state index in [1.54, 1.807) is 24.3 Å². The van der Waals surface area contributed by atoms with Gasteiger partial charge in [0.2, 0.25) is 0 Å². The van der Waals surface area contributed by atoms with E-state index in [9.17, 15) is 14.7 Å². The van der Waals surface area contributed by atoms with E-state index in [1.807, 2.05) is 0 Å². The number of amides is 1. The van der Waals surface area contributed by atoms with Crippen LogP contribution in [0.3, 0.4) is 0 Å². The summed E-state index contributed by atoms with van der Waals surface area (Å²) in [6.45, 7) is 2.82. The number of pyridine rings is 2. The van der Waals surface area contributed by atoms with E-state index in [0.717, 1.165) is 12.8 Å². The zero-order chi connectivity index (χ0) is 19.9. The standard InChI is InChI=1S/C21H23N3O4/c1-2-3-4-5-12-28-15-8-6-14(7-9-15)23-20(26)18-19(25)16-10-11-22-13-17(16)24-21(18)27/h6-11,13H,2-5,12H2,1H3,(H,23,26)(H2,24,25,27). The Labute approximate surface area is 162 Å². The number of anilines is 1. The molecule has 1 aromatic carbocycles. The van der Waals surface area contributed by atoms with Gasteiger partial charge in [-0.3, -0.25) is 14.6 Å². The fourth-order valence-corrected chi connectivity index (χ4v) is 2.89. The molecule has 2 heterocycles. The highest BCUT2D eigenvalue weighted by Gasteiger charge is 2.19. The number of carbonyl (C=O) groups is 1. The lowest BCUT2D eigenvalue weighted by Crippen LogP contribution is -2.23. The molecule has 2 aromatic heterocycles. The Kier molecular flexibility index (Phi) is 6.26. The van der Waals surface area contributed by atoms with Crippen LogP contribution in [-0.4, -0.2) is 27.6 Å². The molecule has 28 heavy (non-hydrogen) atoms. The Morgan fingerprint density at radius 3 is 2.71 bits per heavy atom. The predicted molar refractivity (Wildman–Crippen MR) is 108 cm³/mol. The number of benzene rings is 1. The Hall–Kier alpha value is -3.35. The molecular weight excluding hydrogens is 358 g/mol. The first-order chi connectivity index (χ1) is 13.6. The van der Waals surface area contributed by atoms with Gasteiger partial charge in [-0.1, -0.05) is 26.2 Å². The molecule has 0 spiro atoms. The maximum absolute atomic E-state index is 12.5. The second-order valence-corrected chi connectivity index (χ2v) is 6.49. The number of aromatic nitrogens is 2. The van der Waals surface area contributed by atoms with Crippen LogP contribution in [0.5, 0.6) is 11.5 Å². The number of rotatable bonds is 8. The third-order valence-corrected chi connectivity index (χ3v) is 4.39. The van der Waals surface area contributed by atoms with Crippen molar-refractivity contribution in [3.63, 3.8) is 0 Å². The van der Waals surface area contributed by atoms with Gasteiger partial charge in [0.05, 0.1) is 18.3 Å². The SMILES string of the molecule is CCCCCCOc1ccc(NC(=O)c2c(O)c3ccncc3[nH]c2=O)cc1. The van der Waals surface area contributed by atoms with Crippen molar-refractivity contribution in [3.8, 4) is 11.5 Å². The minimum atomic E-state index is -0.689. The Balaban J connectivity index is 1.68. The number of H-pyrrole nitrogens is 1. The first-order valence-corrected chi connectivity index (χ1v) is 9.33. The number of hydrogen-bond donors (Lipinski definition) is 3.